The van der Waals surface area contributed by atoms with Crippen LogP contribution in [0.1, 0.15) is 13.8 Å². The Morgan fingerprint density at radius 3 is 2.44 bits per heavy atom. The lowest BCUT2D eigenvalue weighted by Crippen LogP contribution is -1.98. The standard InChI is InChI=1S/C14H17NO/c1-3-15-13-9-10-14(16-4-2)12-8-6-5-7-11(12)13/h5-10,15H,3-4H2,1-2H3. The number of benzene rings is 2. The maximum absolute atomic E-state index is 5.62. The van der Waals surface area contributed by atoms with Crippen LogP contribution in [0.25, 0.3) is 10.8 Å². The summed E-state index contributed by atoms with van der Waals surface area (Å²) in [4.78, 5) is 0. The largest absolute Gasteiger partial charge is 0.493 e. The van der Waals surface area contributed by atoms with Crippen molar-refractivity contribution in [2.75, 3.05) is 18.5 Å². The van der Waals surface area contributed by atoms with Crippen molar-refractivity contribution in [3.05, 3.63) is 36.4 Å². The molecule has 0 aliphatic rings. The number of rotatable bonds is 4. The summed E-state index contributed by atoms with van der Waals surface area (Å²) in [5.41, 5.74) is 1.17. The zero-order valence-corrected chi connectivity index (χ0v) is 9.79. The highest BCUT2D eigenvalue weighted by atomic mass is 16.5. The van der Waals surface area contributed by atoms with Gasteiger partial charge < -0.3 is 10.1 Å². The summed E-state index contributed by atoms with van der Waals surface area (Å²) >= 11 is 0. The van der Waals surface area contributed by atoms with E-state index in [1.54, 1.807) is 0 Å². The fourth-order valence-electron chi connectivity index (χ4n) is 1.90. The molecule has 1 N–H and O–H groups in total. The Labute approximate surface area is 96.2 Å². The normalized spacial score (nSPS) is 10.4. The third-order valence-corrected chi connectivity index (χ3v) is 2.55. The van der Waals surface area contributed by atoms with E-state index in [4.69, 9.17) is 4.74 Å². The Bertz CT molecular complexity index is 435. The zero-order valence-electron chi connectivity index (χ0n) is 9.79. The first-order valence-corrected chi connectivity index (χ1v) is 5.75. The smallest absolute Gasteiger partial charge is 0.127 e. The Morgan fingerprint density at radius 2 is 1.75 bits per heavy atom. The van der Waals surface area contributed by atoms with Crippen LogP contribution in [0.5, 0.6) is 5.75 Å². The van der Waals surface area contributed by atoms with Gasteiger partial charge in [-0.1, -0.05) is 24.3 Å². The lowest BCUT2D eigenvalue weighted by atomic mass is 10.1. The topological polar surface area (TPSA) is 21.3 Å². The van der Waals surface area contributed by atoms with Crippen LogP contribution in [0.3, 0.4) is 0 Å². The molecule has 16 heavy (non-hydrogen) atoms. The minimum atomic E-state index is 0.699. The predicted octanol–water partition coefficient (Wildman–Crippen LogP) is 3.67. The molecule has 0 aromatic heterocycles. The van der Waals surface area contributed by atoms with Gasteiger partial charge in [-0.05, 0) is 26.0 Å². The number of nitrogens with one attached hydrogen (secondary N) is 1. The SMILES string of the molecule is CCNc1ccc(OCC)c2ccccc12. The molecule has 0 atom stereocenters. The van der Waals surface area contributed by atoms with E-state index in [9.17, 15) is 0 Å². The lowest BCUT2D eigenvalue weighted by Gasteiger charge is -2.12. The number of fused-ring (bicyclic) bond motifs is 1. The van der Waals surface area contributed by atoms with Crippen molar-refractivity contribution < 1.29 is 4.74 Å². The molecule has 2 nitrogen and oxygen atoms in total. The van der Waals surface area contributed by atoms with Gasteiger partial charge in [0, 0.05) is 23.0 Å². The summed E-state index contributed by atoms with van der Waals surface area (Å²) in [5.74, 6) is 0.958. The van der Waals surface area contributed by atoms with Crippen LogP contribution in [-0.2, 0) is 0 Å². The fraction of sp³-hybridized carbons (Fsp3) is 0.286. The maximum atomic E-state index is 5.62. The molecule has 0 saturated heterocycles. The highest BCUT2D eigenvalue weighted by Crippen LogP contribution is 2.31. The van der Waals surface area contributed by atoms with Crippen molar-refractivity contribution in [3.63, 3.8) is 0 Å². The van der Waals surface area contributed by atoms with Gasteiger partial charge in [0.05, 0.1) is 6.61 Å². The third kappa shape index (κ3) is 1.96. The summed E-state index contributed by atoms with van der Waals surface area (Å²) in [6.45, 7) is 5.74. The molecular formula is C14H17NO. The third-order valence-electron chi connectivity index (χ3n) is 2.55. The molecule has 0 aliphatic carbocycles. The Morgan fingerprint density at radius 1 is 1.00 bits per heavy atom. The Hall–Kier alpha value is -1.70. The molecule has 0 fully saturated rings. The highest BCUT2D eigenvalue weighted by molar-refractivity contribution is 5.97. The monoisotopic (exact) mass is 215 g/mol. The van der Waals surface area contributed by atoms with Crippen LogP contribution in [0.4, 0.5) is 5.69 Å². The van der Waals surface area contributed by atoms with E-state index in [1.165, 1.54) is 16.5 Å². The second-order valence-corrected chi connectivity index (χ2v) is 3.62. The van der Waals surface area contributed by atoms with E-state index in [0.29, 0.717) is 6.61 Å². The minimum Gasteiger partial charge on any atom is -0.493 e. The highest BCUT2D eigenvalue weighted by Gasteiger charge is 2.04. The van der Waals surface area contributed by atoms with Crippen LogP contribution in [0, 0.1) is 0 Å². The quantitative estimate of drug-likeness (QED) is 0.840. The molecule has 2 aromatic rings. The van der Waals surface area contributed by atoms with Gasteiger partial charge in [0.25, 0.3) is 0 Å². The zero-order chi connectivity index (χ0) is 11.4. The molecule has 2 heteroatoms. The second-order valence-electron chi connectivity index (χ2n) is 3.62. The van der Waals surface area contributed by atoms with Gasteiger partial charge in [0.2, 0.25) is 0 Å². The van der Waals surface area contributed by atoms with E-state index < -0.39 is 0 Å². The summed E-state index contributed by atoms with van der Waals surface area (Å²) < 4.78 is 5.62. The first kappa shape index (κ1) is 10.8. The fourth-order valence-corrected chi connectivity index (χ4v) is 1.90. The van der Waals surface area contributed by atoms with Crippen molar-refractivity contribution in [2.24, 2.45) is 0 Å². The molecule has 0 radical (unpaired) electrons. The molecule has 84 valence electrons. The predicted molar refractivity (Wildman–Crippen MR) is 69.3 cm³/mol. The van der Waals surface area contributed by atoms with Gasteiger partial charge in [-0.25, -0.2) is 0 Å². The van der Waals surface area contributed by atoms with E-state index in [0.717, 1.165) is 12.3 Å². The minimum absolute atomic E-state index is 0.699. The summed E-state index contributed by atoms with van der Waals surface area (Å²) in [6.07, 6.45) is 0. The first-order valence-electron chi connectivity index (χ1n) is 5.75. The van der Waals surface area contributed by atoms with E-state index in [1.807, 2.05) is 19.1 Å². The van der Waals surface area contributed by atoms with Crippen LogP contribution in [-0.4, -0.2) is 13.2 Å². The summed E-state index contributed by atoms with van der Waals surface area (Å²) in [5, 5.41) is 5.75. The van der Waals surface area contributed by atoms with E-state index in [2.05, 4.69) is 36.5 Å². The molecule has 2 aromatic carbocycles. The Kier molecular flexibility index (Phi) is 3.30. The van der Waals surface area contributed by atoms with Gasteiger partial charge in [-0.15, -0.1) is 0 Å². The second kappa shape index (κ2) is 4.88. The van der Waals surface area contributed by atoms with Crippen molar-refractivity contribution in [3.8, 4) is 5.75 Å². The number of anilines is 1. The molecular weight excluding hydrogens is 198 g/mol. The average molecular weight is 215 g/mol. The average Bonchev–Trinajstić information content (AvgIpc) is 2.33. The van der Waals surface area contributed by atoms with Crippen LogP contribution in [0.2, 0.25) is 0 Å². The summed E-state index contributed by atoms with van der Waals surface area (Å²) in [6, 6.07) is 12.4. The van der Waals surface area contributed by atoms with Gasteiger partial charge in [0.15, 0.2) is 0 Å². The van der Waals surface area contributed by atoms with Crippen molar-refractivity contribution in [1.29, 1.82) is 0 Å². The van der Waals surface area contributed by atoms with E-state index in [-0.39, 0.29) is 0 Å². The van der Waals surface area contributed by atoms with Crippen molar-refractivity contribution in [2.45, 2.75) is 13.8 Å². The van der Waals surface area contributed by atoms with Crippen LogP contribution in [0.15, 0.2) is 36.4 Å². The van der Waals surface area contributed by atoms with Gasteiger partial charge in [-0.3, -0.25) is 0 Å². The molecule has 0 unspecified atom stereocenters. The van der Waals surface area contributed by atoms with Crippen LogP contribution >= 0.6 is 0 Å². The van der Waals surface area contributed by atoms with Gasteiger partial charge >= 0.3 is 0 Å². The molecule has 0 saturated carbocycles. The van der Waals surface area contributed by atoms with Crippen LogP contribution < -0.4 is 10.1 Å². The van der Waals surface area contributed by atoms with Crippen molar-refractivity contribution >= 4 is 16.5 Å². The molecule has 0 aliphatic heterocycles. The molecule has 0 bridgehead atoms. The van der Waals surface area contributed by atoms with E-state index >= 15 is 0 Å². The lowest BCUT2D eigenvalue weighted by molar-refractivity contribution is 0.344. The molecule has 0 amide bonds. The first-order chi connectivity index (χ1) is 7.86. The Balaban J connectivity index is 2.57. The number of hydrogen-bond donors (Lipinski definition) is 1. The number of hydrogen-bond acceptors (Lipinski definition) is 2. The molecule has 2 rings (SSSR count). The van der Waals surface area contributed by atoms with Crippen molar-refractivity contribution in [1.82, 2.24) is 0 Å². The van der Waals surface area contributed by atoms with Gasteiger partial charge in [-0.2, -0.15) is 0 Å². The summed E-state index contributed by atoms with van der Waals surface area (Å²) in [7, 11) is 0. The van der Waals surface area contributed by atoms with Gasteiger partial charge in [0.1, 0.15) is 5.75 Å². The molecule has 0 heterocycles. The maximum Gasteiger partial charge on any atom is 0.127 e. The number of ether oxygens (including phenoxy) is 1. The molecule has 0 spiro atoms.